The molecule has 0 bridgehead atoms. The summed E-state index contributed by atoms with van der Waals surface area (Å²) in [7, 11) is 0. The summed E-state index contributed by atoms with van der Waals surface area (Å²) < 4.78 is 36.7. The molecule has 1 rings (SSSR count). The lowest BCUT2D eigenvalue weighted by Crippen LogP contribution is -2.15. The Labute approximate surface area is 117 Å². The molecule has 2 nitrogen and oxygen atoms in total. The van der Waals surface area contributed by atoms with Gasteiger partial charge in [-0.1, -0.05) is 28.1 Å². The molecule has 0 saturated carbocycles. The number of anilines is 1. The Morgan fingerprint density at radius 1 is 1.39 bits per heavy atom. The van der Waals surface area contributed by atoms with E-state index in [1.165, 1.54) is 0 Å². The molecule has 0 aromatic heterocycles. The highest BCUT2D eigenvalue weighted by Gasteiger charge is 2.25. The minimum atomic E-state index is -4.12. The maximum atomic E-state index is 12.0. The molecule has 1 aromatic rings. The first-order valence-electron chi connectivity index (χ1n) is 5.19. The van der Waals surface area contributed by atoms with Crippen LogP contribution in [0.1, 0.15) is 18.4 Å². The van der Waals surface area contributed by atoms with Crippen LogP contribution in [-0.4, -0.2) is 17.7 Å². The van der Waals surface area contributed by atoms with Gasteiger partial charge in [0.15, 0.2) is 0 Å². The summed E-state index contributed by atoms with van der Waals surface area (Å²) >= 11 is 8.17. The van der Waals surface area contributed by atoms with Crippen LogP contribution in [0.25, 0.3) is 0 Å². The molecular formula is C11H12BrF3N2S. The van der Waals surface area contributed by atoms with E-state index in [4.69, 9.17) is 18.0 Å². The first-order chi connectivity index (χ1) is 8.29. The molecule has 18 heavy (non-hydrogen) atoms. The summed E-state index contributed by atoms with van der Waals surface area (Å²) in [6.45, 7) is 0.219. The van der Waals surface area contributed by atoms with Gasteiger partial charge in [0.1, 0.15) is 4.99 Å². The van der Waals surface area contributed by atoms with E-state index in [0.717, 1.165) is 4.47 Å². The van der Waals surface area contributed by atoms with Gasteiger partial charge in [-0.05, 0) is 24.6 Å². The van der Waals surface area contributed by atoms with Crippen molar-refractivity contribution in [2.24, 2.45) is 5.73 Å². The van der Waals surface area contributed by atoms with E-state index in [0.29, 0.717) is 11.3 Å². The third kappa shape index (κ3) is 5.22. The molecule has 0 aliphatic heterocycles. The Morgan fingerprint density at radius 3 is 2.61 bits per heavy atom. The van der Waals surface area contributed by atoms with Crippen molar-refractivity contribution in [1.82, 2.24) is 0 Å². The number of hydrogen-bond acceptors (Lipinski definition) is 2. The summed E-state index contributed by atoms with van der Waals surface area (Å²) in [6.07, 6.45) is -4.91. The average Bonchev–Trinajstić information content (AvgIpc) is 2.24. The SMILES string of the molecule is NC(=S)c1cc(Br)ccc1NCCCC(F)(F)F. The largest absolute Gasteiger partial charge is 0.389 e. The Kier molecular flexibility index (Phi) is 5.40. The van der Waals surface area contributed by atoms with Crippen LogP contribution in [0.15, 0.2) is 22.7 Å². The van der Waals surface area contributed by atoms with Crippen molar-refractivity contribution in [3.8, 4) is 0 Å². The van der Waals surface area contributed by atoms with Crippen molar-refractivity contribution in [2.45, 2.75) is 19.0 Å². The second kappa shape index (κ2) is 6.38. The number of nitrogens with one attached hydrogen (secondary N) is 1. The third-order valence-corrected chi connectivity index (χ3v) is 2.91. The second-order valence-electron chi connectivity index (χ2n) is 3.70. The minimum absolute atomic E-state index is 0.0103. The van der Waals surface area contributed by atoms with Gasteiger partial charge >= 0.3 is 6.18 Å². The maximum absolute atomic E-state index is 12.0. The molecule has 0 unspecified atom stereocenters. The molecule has 1 aromatic carbocycles. The van der Waals surface area contributed by atoms with Crippen LogP contribution in [0.2, 0.25) is 0 Å². The zero-order valence-corrected chi connectivity index (χ0v) is 11.8. The summed E-state index contributed by atoms with van der Waals surface area (Å²) in [5.74, 6) is 0. The average molecular weight is 341 g/mol. The first kappa shape index (κ1) is 15.2. The fourth-order valence-electron chi connectivity index (χ4n) is 1.39. The lowest BCUT2D eigenvalue weighted by Gasteiger charge is -2.12. The van der Waals surface area contributed by atoms with Crippen molar-refractivity contribution in [3.05, 3.63) is 28.2 Å². The number of benzene rings is 1. The Morgan fingerprint density at radius 2 is 2.06 bits per heavy atom. The molecule has 0 amide bonds. The lowest BCUT2D eigenvalue weighted by molar-refractivity contribution is -0.134. The number of halogens is 4. The van der Waals surface area contributed by atoms with Crippen LogP contribution < -0.4 is 11.1 Å². The molecule has 3 N–H and O–H groups in total. The van der Waals surface area contributed by atoms with Gasteiger partial charge in [0.25, 0.3) is 0 Å². The number of thiocarbonyl (C=S) groups is 1. The Hall–Kier alpha value is -0.820. The molecule has 0 saturated heterocycles. The normalized spacial score (nSPS) is 11.3. The number of nitrogens with two attached hydrogens (primary N) is 1. The second-order valence-corrected chi connectivity index (χ2v) is 5.06. The lowest BCUT2D eigenvalue weighted by atomic mass is 10.1. The van der Waals surface area contributed by atoms with Crippen LogP contribution in [0.5, 0.6) is 0 Å². The summed E-state index contributed by atoms with van der Waals surface area (Å²) in [5.41, 5.74) is 6.81. The minimum Gasteiger partial charge on any atom is -0.389 e. The van der Waals surface area contributed by atoms with Crippen molar-refractivity contribution in [3.63, 3.8) is 0 Å². The number of alkyl halides is 3. The predicted molar refractivity (Wildman–Crippen MR) is 73.8 cm³/mol. The summed E-state index contributed by atoms with van der Waals surface area (Å²) in [4.78, 5) is 0.203. The van der Waals surface area contributed by atoms with Crippen molar-refractivity contribution < 1.29 is 13.2 Å². The fourth-order valence-corrected chi connectivity index (χ4v) is 1.92. The number of rotatable bonds is 5. The van der Waals surface area contributed by atoms with Gasteiger partial charge in [-0.25, -0.2) is 0 Å². The van der Waals surface area contributed by atoms with E-state index >= 15 is 0 Å². The molecular weight excluding hydrogens is 329 g/mol. The zero-order valence-electron chi connectivity index (χ0n) is 9.35. The molecule has 7 heteroatoms. The monoisotopic (exact) mass is 340 g/mol. The van der Waals surface area contributed by atoms with Crippen molar-refractivity contribution in [2.75, 3.05) is 11.9 Å². The van der Waals surface area contributed by atoms with Crippen LogP contribution >= 0.6 is 28.1 Å². The van der Waals surface area contributed by atoms with Gasteiger partial charge in [0, 0.05) is 28.7 Å². The van der Waals surface area contributed by atoms with Gasteiger partial charge in [-0.15, -0.1) is 0 Å². The molecule has 0 aliphatic carbocycles. The molecule has 0 fully saturated rings. The van der Waals surface area contributed by atoms with Gasteiger partial charge in [-0.3, -0.25) is 0 Å². The Bertz CT molecular complexity index is 435. The van der Waals surface area contributed by atoms with Crippen LogP contribution in [0.4, 0.5) is 18.9 Å². The van der Waals surface area contributed by atoms with Crippen LogP contribution in [-0.2, 0) is 0 Å². The Balaban J connectivity index is 2.59. The smallest absolute Gasteiger partial charge is 0.389 e. The summed E-state index contributed by atoms with van der Waals surface area (Å²) in [6, 6.07) is 5.23. The fraction of sp³-hybridized carbons (Fsp3) is 0.364. The van der Waals surface area contributed by atoms with Crippen molar-refractivity contribution >= 4 is 38.8 Å². The van der Waals surface area contributed by atoms with E-state index < -0.39 is 12.6 Å². The predicted octanol–water partition coefficient (Wildman–Crippen LogP) is 3.84. The van der Waals surface area contributed by atoms with Gasteiger partial charge in [0.05, 0.1) is 0 Å². The maximum Gasteiger partial charge on any atom is 0.389 e. The van der Waals surface area contributed by atoms with Crippen LogP contribution in [0, 0.1) is 0 Å². The standard InChI is InChI=1S/C11H12BrF3N2S/c12-7-2-3-9(8(6-7)10(16)18)17-5-1-4-11(13,14)15/h2-3,6,17H,1,4-5H2,(H2,16,18). The molecule has 0 heterocycles. The third-order valence-electron chi connectivity index (χ3n) is 2.20. The van der Waals surface area contributed by atoms with Crippen LogP contribution in [0.3, 0.4) is 0 Å². The summed E-state index contributed by atoms with van der Waals surface area (Å²) in [5, 5.41) is 2.91. The molecule has 100 valence electrons. The van der Waals surface area contributed by atoms with Gasteiger partial charge in [-0.2, -0.15) is 13.2 Å². The van der Waals surface area contributed by atoms with E-state index in [2.05, 4.69) is 21.2 Å². The van der Waals surface area contributed by atoms with Gasteiger partial charge in [0.2, 0.25) is 0 Å². The van der Waals surface area contributed by atoms with E-state index in [1.807, 2.05) is 0 Å². The van der Waals surface area contributed by atoms with Gasteiger partial charge < -0.3 is 11.1 Å². The quantitative estimate of drug-likeness (QED) is 0.631. The zero-order chi connectivity index (χ0) is 13.8. The van der Waals surface area contributed by atoms with Crippen molar-refractivity contribution in [1.29, 1.82) is 0 Å². The van der Waals surface area contributed by atoms with E-state index in [9.17, 15) is 13.2 Å². The first-order valence-corrected chi connectivity index (χ1v) is 6.40. The highest BCUT2D eigenvalue weighted by Crippen LogP contribution is 2.23. The highest BCUT2D eigenvalue weighted by atomic mass is 79.9. The molecule has 0 spiro atoms. The highest BCUT2D eigenvalue weighted by molar-refractivity contribution is 9.10. The molecule has 0 atom stereocenters. The van der Waals surface area contributed by atoms with E-state index in [-0.39, 0.29) is 18.0 Å². The van der Waals surface area contributed by atoms with E-state index in [1.54, 1.807) is 18.2 Å². The number of hydrogen-bond donors (Lipinski definition) is 2. The topological polar surface area (TPSA) is 38.0 Å². The molecule has 0 aliphatic rings. The molecule has 0 radical (unpaired) electrons.